The van der Waals surface area contributed by atoms with Crippen LogP contribution in [0.4, 0.5) is 0 Å². The summed E-state index contributed by atoms with van der Waals surface area (Å²) in [6.07, 6.45) is 0.369. The summed E-state index contributed by atoms with van der Waals surface area (Å²) >= 11 is 7.46. The van der Waals surface area contributed by atoms with Gasteiger partial charge in [0.1, 0.15) is 5.01 Å². The van der Waals surface area contributed by atoms with Crippen molar-refractivity contribution in [2.75, 3.05) is 19.6 Å². The van der Waals surface area contributed by atoms with Crippen LogP contribution in [0.25, 0.3) is 10.6 Å². The minimum atomic E-state index is 0. The van der Waals surface area contributed by atoms with Gasteiger partial charge in [-0.2, -0.15) is 0 Å². The Bertz CT molecular complexity index is 663. The fraction of sp³-hybridized carbons (Fsp3) is 0.375. The van der Waals surface area contributed by atoms with E-state index < -0.39 is 0 Å². The molecule has 1 aromatic heterocycles. The molecular formula is C16H20Cl3N3OS. The fourth-order valence-electron chi connectivity index (χ4n) is 2.58. The Labute approximate surface area is 163 Å². The van der Waals surface area contributed by atoms with Crippen LogP contribution in [0.15, 0.2) is 29.6 Å². The minimum absolute atomic E-state index is 0. The number of halogens is 3. The first-order valence-electron chi connectivity index (χ1n) is 7.34. The third-order valence-corrected chi connectivity index (χ3v) is 4.99. The molecule has 0 radical (unpaired) electrons. The zero-order valence-corrected chi connectivity index (χ0v) is 16.4. The van der Waals surface area contributed by atoms with E-state index in [2.05, 4.69) is 17.2 Å². The molecule has 0 spiro atoms. The van der Waals surface area contributed by atoms with E-state index in [0.29, 0.717) is 11.4 Å². The third-order valence-electron chi connectivity index (χ3n) is 3.80. The summed E-state index contributed by atoms with van der Waals surface area (Å²) in [4.78, 5) is 18.9. The summed E-state index contributed by atoms with van der Waals surface area (Å²) < 4.78 is 0. The van der Waals surface area contributed by atoms with Crippen LogP contribution >= 0.6 is 47.8 Å². The lowest BCUT2D eigenvalue weighted by Crippen LogP contribution is -2.52. The van der Waals surface area contributed by atoms with Crippen LogP contribution in [0.2, 0.25) is 5.02 Å². The first-order chi connectivity index (χ1) is 10.6. The molecule has 3 rings (SSSR count). The largest absolute Gasteiger partial charge is 0.337 e. The molecule has 1 aliphatic rings. The van der Waals surface area contributed by atoms with Crippen molar-refractivity contribution < 1.29 is 4.79 Å². The van der Waals surface area contributed by atoms with Gasteiger partial charge in [-0.25, -0.2) is 4.98 Å². The van der Waals surface area contributed by atoms with Crippen LogP contribution in [0, 0.1) is 0 Å². The summed E-state index contributed by atoms with van der Waals surface area (Å²) in [7, 11) is 0. The topological polar surface area (TPSA) is 45.2 Å². The Morgan fingerprint density at radius 1 is 1.38 bits per heavy atom. The van der Waals surface area contributed by atoms with Crippen molar-refractivity contribution in [2.24, 2.45) is 0 Å². The molecule has 8 heteroatoms. The molecule has 24 heavy (non-hydrogen) atoms. The number of piperazine rings is 1. The monoisotopic (exact) mass is 407 g/mol. The molecule has 1 saturated heterocycles. The Morgan fingerprint density at radius 2 is 2.08 bits per heavy atom. The van der Waals surface area contributed by atoms with Gasteiger partial charge < -0.3 is 10.2 Å². The van der Waals surface area contributed by atoms with Crippen LogP contribution in [-0.2, 0) is 11.2 Å². The molecule has 4 nitrogen and oxygen atoms in total. The summed E-state index contributed by atoms with van der Waals surface area (Å²) in [6.45, 7) is 4.57. The number of thiazole rings is 1. The van der Waals surface area contributed by atoms with E-state index in [4.69, 9.17) is 11.6 Å². The Balaban J connectivity index is 0.00000144. The zero-order chi connectivity index (χ0) is 15.5. The number of hydrogen-bond acceptors (Lipinski definition) is 4. The van der Waals surface area contributed by atoms with Crippen molar-refractivity contribution in [2.45, 2.75) is 19.4 Å². The number of aromatic nitrogens is 1. The maximum atomic E-state index is 12.4. The van der Waals surface area contributed by atoms with Crippen LogP contribution in [0.1, 0.15) is 12.6 Å². The predicted octanol–water partition coefficient (Wildman–Crippen LogP) is 3.67. The van der Waals surface area contributed by atoms with E-state index in [-0.39, 0.29) is 36.8 Å². The average Bonchev–Trinajstić information content (AvgIpc) is 2.97. The Kier molecular flexibility index (Phi) is 8.46. The van der Waals surface area contributed by atoms with Crippen molar-refractivity contribution in [1.29, 1.82) is 0 Å². The number of nitrogens with zero attached hydrogens (tertiary/aromatic N) is 2. The predicted molar refractivity (Wildman–Crippen MR) is 105 cm³/mol. The summed E-state index contributed by atoms with van der Waals surface area (Å²) in [5.41, 5.74) is 1.87. The average molecular weight is 409 g/mol. The molecule has 0 saturated carbocycles. The molecule has 1 N–H and O–H groups in total. The van der Waals surface area contributed by atoms with Crippen LogP contribution < -0.4 is 5.32 Å². The molecule has 0 unspecified atom stereocenters. The van der Waals surface area contributed by atoms with Crippen LogP contribution in [0.5, 0.6) is 0 Å². The van der Waals surface area contributed by atoms with Gasteiger partial charge in [0.05, 0.1) is 12.1 Å². The van der Waals surface area contributed by atoms with Gasteiger partial charge >= 0.3 is 0 Å². The number of hydrogen-bond donors (Lipinski definition) is 1. The number of carbonyl (C=O) groups excluding carboxylic acids is 1. The maximum absolute atomic E-state index is 12.4. The first kappa shape index (κ1) is 21.2. The molecule has 1 aliphatic heterocycles. The van der Waals surface area contributed by atoms with Gasteiger partial charge in [0.25, 0.3) is 0 Å². The number of amides is 1. The molecule has 0 aliphatic carbocycles. The lowest BCUT2D eigenvalue weighted by molar-refractivity contribution is -0.133. The van der Waals surface area contributed by atoms with Gasteiger partial charge in [0.2, 0.25) is 5.91 Å². The highest BCUT2D eigenvalue weighted by atomic mass is 35.5. The van der Waals surface area contributed by atoms with E-state index in [9.17, 15) is 4.79 Å². The zero-order valence-electron chi connectivity index (χ0n) is 13.2. The standard InChI is InChI=1S/C16H18ClN3OS.2ClH/c1-11-9-18-6-7-20(11)15(21)8-14-10-22-16(19-14)12-2-4-13(17)5-3-12;;/h2-5,10-11,18H,6-9H2,1H3;2*1H/t11-;;/m1../s1. The number of rotatable bonds is 3. The van der Waals surface area contributed by atoms with E-state index >= 15 is 0 Å². The quantitative estimate of drug-likeness (QED) is 0.843. The first-order valence-corrected chi connectivity index (χ1v) is 8.60. The SMILES string of the molecule is C[C@@H]1CNCCN1C(=O)Cc1csc(-c2ccc(Cl)cc2)n1.Cl.Cl. The summed E-state index contributed by atoms with van der Waals surface area (Å²) in [6, 6.07) is 7.85. The molecule has 2 heterocycles. The molecule has 1 fully saturated rings. The van der Waals surface area contributed by atoms with Gasteiger partial charge in [-0.3, -0.25) is 4.79 Å². The van der Waals surface area contributed by atoms with Crippen molar-refractivity contribution in [1.82, 2.24) is 15.2 Å². The van der Waals surface area contributed by atoms with Crippen molar-refractivity contribution in [3.63, 3.8) is 0 Å². The Morgan fingerprint density at radius 3 is 2.75 bits per heavy atom. The highest BCUT2D eigenvalue weighted by Crippen LogP contribution is 2.25. The van der Waals surface area contributed by atoms with Crippen molar-refractivity contribution >= 4 is 53.7 Å². The van der Waals surface area contributed by atoms with E-state index in [1.165, 1.54) is 0 Å². The van der Waals surface area contributed by atoms with Gasteiger partial charge in [0.15, 0.2) is 0 Å². The molecule has 1 amide bonds. The second-order valence-electron chi connectivity index (χ2n) is 5.47. The molecule has 2 aromatic rings. The molecule has 132 valence electrons. The maximum Gasteiger partial charge on any atom is 0.228 e. The van der Waals surface area contributed by atoms with E-state index in [1.807, 2.05) is 34.5 Å². The highest BCUT2D eigenvalue weighted by Gasteiger charge is 2.23. The normalized spacial score (nSPS) is 16.9. The fourth-order valence-corrected chi connectivity index (χ4v) is 3.53. The van der Waals surface area contributed by atoms with E-state index in [1.54, 1.807) is 11.3 Å². The molecule has 0 bridgehead atoms. The highest BCUT2D eigenvalue weighted by molar-refractivity contribution is 7.13. The van der Waals surface area contributed by atoms with Crippen LogP contribution in [-0.4, -0.2) is 41.5 Å². The summed E-state index contributed by atoms with van der Waals surface area (Å²) in [5.74, 6) is 0.155. The molecule has 1 atom stereocenters. The van der Waals surface area contributed by atoms with Gasteiger partial charge in [-0.05, 0) is 19.1 Å². The van der Waals surface area contributed by atoms with Crippen molar-refractivity contribution in [3.05, 3.63) is 40.4 Å². The number of benzene rings is 1. The van der Waals surface area contributed by atoms with E-state index in [0.717, 1.165) is 35.9 Å². The second kappa shape index (κ2) is 9.59. The lowest BCUT2D eigenvalue weighted by atomic mass is 10.2. The van der Waals surface area contributed by atoms with Gasteiger partial charge in [-0.15, -0.1) is 36.2 Å². The number of carbonyl (C=O) groups is 1. The number of nitrogens with one attached hydrogen (secondary N) is 1. The molecule has 1 aromatic carbocycles. The van der Waals surface area contributed by atoms with Gasteiger partial charge in [-0.1, -0.05) is 23.7 Å². The second-order valence-corrected chi connectivity index (χ2v) is 6.76. The Hall–Kier alpha value is -0.850. The lowest BCUT2D eigenvalue weighted by Gasteiger charge is -2.33. The third kappa shape index (κ3) is 5.07. The summed E-state index contributed by atoms with van der Waals surface area (Å²) in [5, 5.41) is 6.90. The minimum Gasteiger partial charge on any atom is -0.337 e. The smallest absolute Gasteiger partial charge is 0.228 e. The molecular weight excluding hydrogens is 389 g/mol. The van der Waals surface area contributed by atoms with Crippen molar-refractivity contribution in [3.8, 4) is 10.6 Å². The van der Waals surface area contributed by atoms with Gasteiger partial charge in [0, 0.05) is 41.6 Å². The van der Waals surface area contributed by atoms with Crippen LogP contribution in [0.3, 0.4) is 0 Å².